The second kappa shape index (κ2) is 7.05. The third-order valence-corrected chi connectivity index (χ3v) is 3.85. The fourth-order valence-electron chi connectivity index (χ4n) is 1.89. The molecule has 1 amide bonds. The van der Waals surface area contributed by atoms with Crippen molar-refractivity contribution in [1.29, 1.82) is 0 Å². The van der Waals surface area contributed by atoms with Crippen LogP contribution in [0, 0.1) is 0 Å². The molecule has 1 unspecified atom stereocenters. The number of amides is 1. The largest absolute Gasteiger partial charge is 0.480 e. The second-order valence-electron chi connectivity index (χ2n) is 4.37. The summed E-state index contributed by atoms with van der Waals surface area (Å²) >= 11 is 1.28. The molecule has 6 nitrogen and oxygen atoms in total. The van der Waals surface area contributed by atoms with Crippen LogP contribution < -0.4 is 5.32 Å². The smallest absolute Gasteiger partial charge is 0.326 e. The van der Waals surface area contributed by atoms with Crippen LogP contribution in [0.4, 0.5) is 0 Å². The van der Waals surface area contributed by atoms with Gasteiger partial charge in [0.15, 0.2) is 0 Å². The molecule has 0 spiro atoms. The summed E-state index contributed by atoms with van der Waals surface area (Å²) in [6.07, 6.45) is 3.89. The lowest BCUT2D eigenvalue weighted by atomic mass is 10.2. The maximum absolute atomic E-state index is 12.3. The minimum Gasteiger partial charge on any atom is -0.480 e. The lowest BCUT2D eigenvalue weighted by Gasteiger charge is -2.14. The molecule has 0 radical (unpaired) electrons. The van der Waals surface area contributed by atoms with E-state index in [1.165, 1.54) is 18.4 Å². The monoisotopic (exact) mass is 308 g/mol. The zero-order valence-corrected chi connectivity index (χ0v) is 12.3. The molecule has 0 aliphatic heterocycles. The number of hydrogen-bond acceptors (Lipinski definition) is 4. The predicted octanol–water partition coefficient (Wildman–Crippen LogP) is 1.76. The zero-order chi connectivity index (χ0) is 15.2. The van der Waals surface area contributed by atoms with Gasteiger partial charge in [0.25, 0.3) is 5.91 Å². The highest BCUT2D eigenvalue weighted by Gasteiger charge is 2.22. The molecule has 0 aliphatic rings. The van der Waals surface area contributed by atoms with E-state index in [2.05, 4.69) is 5.32 Å². The molecular formula is C14H16N2O4S. The summed E-state index contributed by atoms with van der Waals surface area (Å²) in [6.45, 7) is 0.270. The number of aliphatic carboxylic acids is 1. The topological polar surface area (TPSA) is 80.6 Å². The molecule has 21 heavy (non-hydrogen) atoms. The van der Waals surface area contributed by atoms with Gasteiger partial charge >= 0.3 is 5.97 Å². The summed E-state index contributed by atoms with van der Waals surface area (Å²) in [6, 6.07) is 4.58. The number of rotatable bonds is 7. The van der Waals surface area contributed by atoms with Gasteiger partial charge in [-0.15, -0.1) is 11.3 Å². The average Bonchev–Trinajstić information content (AvgIpc) is 3.11. The van der Waals surface area contributed by atoms with Gasteiger partial charge in [-0.3, -0.25) is 4.79 Å². The Kier molecular flexibility index (Phi) is 5.13. The Hall–Kier alpha value is -2.12. The van der Waals surface area contributed by atoms with Crippen LogP contribution in [0.1, 0.15) is 16.1 Å². The molecule has 2 aromatic heterocycles. The van der Waals surface area contributed by atoms with E-state index in [0.29, 0.717) is 4.88 Å². The van der Waals surface area contributed by atoms with Crippen molar-refractivity contribution in [3.8, 4) is 5.69 Å². The van der Waals surface area contributed by atoms with Crippen molar-refractivity contribution in [3.63, 3.8) is 0 Å². The molecule has 0 aliphatic carbocycles. The highest BCUT2D eigenvalue weighted by Crippen LogP contribution is 2.21. The van der Waals surface area contributed by atoms with Crippen LogP contribution in [-0.4, -0.2) is 41.3 Å². The molecule has 0 saturated carbocycles. The standard InChI is InChI=1S/C14H16N2O4S/c1-20-8-4-10(14(18)19)15-13(17)12-11(5-9-21-12)16-6-2-3-7-16/h2-3,5-7,9-10H,4,8H2,1H3,(H,15,17)(H,18,19). The van der Waals surface area contributed by atoms with E-state index < -0.39 is 17.9 Å². The van der Waals surface area contributed by atoms with E-state index in [-0.39, 0.29) is 13.0 Å². The number of carbonyl (C=O) groups is 2. The van der Waals surface area contributed by atoms with Gasteiger partial charge in [-0.2, -0.15) is 0 Å². The van der Waals surface area contributed by atoms with Gasteiger partial charge in [-0.1, -0.05) is 0 Å². The summed E-state index contributed by atoms with van der Waals surface area (Å²) in [5, 5.41) is 13.5. The van der Waals surface area contributed by atoms with E-state index in [4.69, 9.17) is 9.84 Å². The minimum atomic E-state index is -1.07. The number of nitrogens with one attached hydrogen (secondary N) is 1. The second-order valence-corrected chi connectivity index (χ2v) is 5.29. The maximum atomic E-state index is 12.3. The number of hydrogen-bond donors (Lipinski definition) is 2. The quantitative estimate of drug-likeness (QED) is 0.816. The molecule has 2 heterocycles. The minimum absolute atomic E-state index is 0.224. The number of methoxy groups -OCH3 is 1. The first-order valence-corrected chi connectivity index (χ1v) is 7.25. The Morgan fingerprint density at radius 3 is 2.76 bits per heavy atom. The summed E-state index contributed by atoms with van der Waals surface area (Å²) in [7, 11) is 1.49. The van der Waals surface area contributed by atoms with Gasteiger partial charge in [-0.05, 0) is 23.6 Å². The predicted molar refractivity (Wildman–Crippen MR) is 79.0 cm³/mol. The van der Waals surface area contributed by atoms with E-state index in [0.717, 1.165) is 5.69 Å². The maximum Gasteiger partial charge on any atom is 0.326 e. The average molecular weight is 308 g/mol. The molecule has 2 aromatic rings. The van der Waals surface area contributed by atoms with Crippen molar-refractivity contribution in [2.24, 2.45) is 0 Å². The Balaban J connectivity index is 2.13. The fraction of sp³-hybridized carbons (Fsp3) is 0.286. The molecule has 2 N–H and O–H groups in total. The van der Waals surface area contributed by atoms with Crippen molar-refractivity contribution in [3.05, 3.63) is 40.8 Å². The molecule has 0 fully saturated rings. The summed E-state index contributed by atoms with van der Waals surface area (Å²) < 4.78 is 6.68. The van der Waals surface area contributed by atoms with Crippen molar-refractivity contribution >= 4 is 23.2 Å². The van der Waals surface area contributed by atoms with Crippen LogP contribution in [0.3, 0.4) is 0 Å². The van der Waals surface area contributed by atoms with Crippen LogP contribution in [0.25, 0.3) is 5.69 Å². The molecule has 0 bridgehead atoms. The van der Waals surface area contributed by atoms with Crippen molar-refractivity contribution < 1.29 is 19.4 Å². The molecule has 112 valence electrons. The van der Waals surface area contributed by atoms with E-state index in [9.17, 15) is 9.59 Å². The Morgan fingerprint density at radius 2 is 2.14 bits per heavy atom. The first-order chi connectivity index (χ1) is 10.1. The highest BCUT2D eigenvalue weighted by molar-refractivity contribution is 7.12. The summed E-state index contributed by atoms with van der Waals surface area (Å²) in [4.78, 5) is 23.9. The van der Waals surface area contributed by atoms with E-state index in [1.54, 1.807) is 5.38 Å². The first-order valence-electron chi connectivity index (χ1n) is 6.37. The van der Waals surface area contributed by atoms with Crippen LogP contribution in [0.2, 0.25) is 0 Å². The highest BCUT2D eigenvalue weighted by atomic mass is 32.1. The number of carboxylic acid groups (broad SMARTS) is 1. The SMILES string of the molecule is COCCC(NC(=O)c1sccc1-n1cccc1)C(=O)O. The number of carbonyl (C=O) groups excluding carboxylic acids is 1. The normalized spacial score (nSPS) is 12.0. The van der Waals surface area contributed by atoms with Gasteiger partial charge in [-0.25, -0.2) is 4.79 Å². The third-order valence-electron chi connectivity index (χ3n) is 2.95. The summed E-state index contributed by atoms with van der Waals surface area (Å²) in [5.41, 5.74) is 0.735. The van der Waals surface area contributed by atoms with E-state index >= 15 is 0 Å². The molecular weight excluding hydrogens is 292 g/mol. The van der Waals surface area contributed by atoms with Gasteiger partial charge in [0.1, 0.15) is 10.9 Å². The number of carboxylic acids is 1. The number of aromatic nitrogens is 1. The van der Waals surface area contributed by atoms with Gasteiger partial charge < -0.3 is 19.7 Å². The Bertz CT molecular complexity index is 606. The molecule has 0 aromatic carbocycles. The molecule has 2 rings (SSSR count). The zero-order valence-electron chi connectivity index (χ0n) is 11.5. The third kappa shape index (κ3) is 3.71. The number of ether oxygens (including phenoxy) is 1. The van der Waals surface area contributed by atoms with Gasteiger partial charge in [0.05, 0.1) is 5.69 Å². The molecule has 0 saturated heterocycles. The Morgan fingerprint density at radius 1 is 1.43 bits per heavy atom. The van der Waals surface area contributed by atoms with Crippen LogP contribution in [0.15, 0.2) is 36.0 Å². The number of thiophene rings is 1. The lowest BCUT2D eigenvalue weighted by molar-refractivity contribution is -0.139. The molecule has 1 atom stereocenters. The number of nitrogens with zero attached hydrogens (tertiary/aromatic N) is 1. The van der Waals surface area contributed by atoms with E-state index in [1.807, 2.05) is 35.2 Å². The van der Waals surface area contributed by atoms with Crippen molar-refractivity contribution in [2.75, 3.05) is 13.7 Å². The van der Waals surface area contributed by atoms with Crippen molar-refractivity contribution in [2.45, 2.75) is 12.5 Å². The van der Waals surface area contributed by atoms with Crippen molar-refractivity contribution in [1.82, 2.24) is 9.88 Å². The summed E-state index contributed by atoms with van der Waals surface area (Å²) in [5.74, 6) is -1.46. The fourth-order valence-corrected chi connectivity index (χ4v) is 2.68. The van der Waals surface area contributed by atoms with Gasteiger partial charge in [0, 0.05) is 32.5 Å². The Labute approximate surface area is 126 Å². The van der Waals surface area contributed by atoms with Crippen LogP contribution in [-0.2, 0) is 9.53 Å². The van der Waals surface area contributed by atoms with Crippen LogP contribution >= 0.6 is 11.3 Å². The molecule has 7 heteroatoms. The first kappa shape index (κ1) is 15.3. The lowest BCUT2D eigenvalue weighted by Crippen LogP contribution is -2.41. The van der Waals surface area contributed by atoms with Gasteiger partial charge in [0.2, 0.25) is 0 Å². The van der Waals surface area contributed by atoms with Crippen LogP contribution in [0.5, 0.6) is 0 Å².